The average molecular weight is 446 g/mol. The summed E-state index contributed by atoms with van der Waals surface area (Å²) in [7, 11) is 0. The second-order valence-electron chi connectivity index (χ2n) is 7.13. The molecule has 0 N–H and O–H groups in total. The lowest BCUT2D eigenvalue weighted by Crippen LogP contribution is -2.26. The van der Waals surface area contributed by atoms with Crippen LogP contribution >= 0.6 is 0 Å². The van der Waals surface area contributed by atoms with Crippen LogP contribution in [0.3, 0.4) is 0 Å². The molecule has 0 bridgehead atoms. The Bertz CT molecular complexity index is 742. The molecule has 4 atom stereocenters. The molecule has 2 rings (SSSR count). The van der Waals surface area contributed by atoms with Crippen LogP contribution in [-0.2, 0) is 38.9 Å². The maximum Gasteiger partial charge on any atom is 0.349 e. The van der Waals surface area contributed by atoms with Gasteiger partial charge in [0.1, 0.15) is 0 Å². The fourth-order valence-electron chi connectivity index (χ4n) is 2.53. The topological polar surface area (TPSA) is 89.5 Å². The summed E-state index contributed by atoms with van der Waals surface area (Å²) in [6.07, 6.45) is -1.32. The van der Waals surface area contributed by atoms with E-state index >= 15 is 0 Å². The second kappa shape index (κ2) is 13.6. The molecule has 0 aliphatic rings. The number of hydrogen-bond donors (Lipinski definition) is 0. The molecule has 8 heteroatoms. The maximum absolute atomic E-state index is 12.2. The highest BCUT2D eigenvalue weighted by Crippen LogP contribution is 2.19. The summed E-state index contributed by atoms with van der Waals surface area (Å²) < 4.78 is 0. The van der Waals surface area contributed by atoms with E-state index in [0.717, 1.165) is 11.1 Å². The lowest BCUT2D eigenvalue weighted by Gasteiger charge is -2.19. The lowest BCUT2D eigenvalue weighted by atomic mass is 10.0. The first-order valence-electron chi connectivity index (χ1n) is 10.6. The standard InChI is InChI=1S/C24H30O8/c1-5-21(29-31-23(25)17(3)19-13-9-7-10-14-19)27-28-22(6-2)30-32-24(26)18(4)20-15-11-8-12-16-20/h7-18,21-22H,5-6H2,1-4H3. The average Bonchev–Trinajstić information content (AvgIpc) is 2.85. The smallest absolute Gasteiger partial charge is 0.295 e. The highest BCUT2D eigenvalue weighted by atomic mass is 17.3. The summed E-state index contributed by atoms with van der Waals surface area (Å²) in [5.41, 5.74) is 1.61. The molecule has 2 aromatic rings. The molecule has 0 aliphatic carbocycles. The number of hydrogen-bond acceptors (Lipinski definition) is 8. The summed E-state index contributed by atoms with van der Waals surface area (Å²) >= 11 is 0. The van der Waals surface area contributed by atoms with E-state index in [4.69, 9.17) is 29.3 Å². The molecule has 0 spiro atoms. The van der Waals surface area contributed by atoms with Crippen LogP contribution in [0.25, 0.3) is 0 Å². The van der Waals surface area contributed by atoms with Gasteiger partial charge in [0, 0.05) is 12.8 Å². The van der Waals surface area contributed by atoms with Crippen LogP contribution < -0.4 is 0 Å². The molecule has 0 aliphatic heterocycles. The fourth-order valence-corrected chi connectivity index (χ4v) is 2.53. The Kier molecular flexibility index (Phi) is 10.8. The zero-order chi connectivity index (χ0) is 23.3. The van der Waals surface area contributed by atoms with Gasteiger partial charge < -0.3 is 0 Å². The summed E-state index contributed by atoms with van der Waals surface area (Å²) in [5, 5.41) is 0. The molecule has 2 aromatic carbocycles. The zero-order valence-corrected chi connectivity index (χ0v) is 18.8. The monoisotopic (exact) mass is 446 g/mol. The molecule has 4 unspecified atom stereocenters. The third-order valence-corrected chi connectivity index (χ3v) is 4.72. The predicted octanol–water partition coefficient (Wildman–Crippen LogP) is 4.96. The third kappa shape index (κ3) is 8.05. The predicted molar refractivity (Wildman–Crippen MR) is 114 cm³/mol. The molecule has 0 radical (unpaired) electrons. The van der Waals surface area contributed by atoms with Crippen LogP contribution in [-0.4, -0.2) is 24.5 Å². The minimum atomic E-state index is -0.987. The molecular weight excluding hydrogens is 416 g/mol. The third-order valence-electron chi connectivity index (χ3n) is 4.72. The first-order chi connectivity index (χ1) is 15.5. The number of benzene rings is 2. The minimum absolute atomic E-state index is 0.328. The van der Waals surface area contributed by atoms with Gasteiger partial charge in [-0.15, -0.1) is 9.78 Å². The second-order valence-corrected chi connectivity index (χ2v) is 7.13. The maximum atomic E-state index is 12.2. The highest BCUT2D eigenvalue weighted by Gasteiger charge is 2.23. The van der Waals surface area contributed by atoms with Gasteiger partial charge in [-0.2, -0.15) is 9.78 Å². The van der Waals surface area contributed by atoms with Gasteiger partial charge in [0.15, 0.2) is 0 Å². The fraction of sp³-hybridized carbons (Fsp3) is 0.417. The van der Waals surface area contributed by atoms with E-state index in [0.29, 0.717) is 12.8 Å². The summed E-state index contributed by atoms with van der Waals surface area (Å²) in [6, 6.07) is 18.4. The molecule has 174 valence electrons. The summed E-state index contributed by atoms with van der Waals surface area (Å²) in [4.78, 5) is 54.5. The molecule has 0 fully saturated rings. The van der Waals surface area contributed by atoms with Crippen LogP contribution in [0.5, 0.6) is 0 Å². The molecule has 8 nitrogen and oxygen atoms in total. The molecule has 32 heavy (non-hydrogen) atoms. The summed E-state index contributed by atoms with van der Waals surface area (Å²) in [5.74, 6) is -2.14. The van der Waals surface area contributed by atoms with Crippen molar-refractivity contribution in [1.82, 2.24) is 0 Å². The van der Waals surface area contributed by atoms with Crippen molar-refractivity contribution in [2.24, 2.45) is 0 Å². The number of carbonyl (C=O) groups is 2. The molecule has 0 heterocycles. The Balaban J connectivity index is 1.75. The van der Waals surface area contributed by atoms with Crippen molar-refractivity contribution in [1.29, 1.82) is 0 Å². The SMILES string of the molecule is CCC(OOC(=O)C(C)c1ccccc1)OOC(CC)OOC(=O)C(C)c1ccccc1. The highest BCUT2D eigenvalue weighted by molar-refractivity contribution is 5.77. The van der Waals surface area contributed by atoms with Crippen molar-refractivity contribution >= 4 is 11.9 Å². The Morgan fingerprint density at radius 3 is 1.28 bits per heavy atom. The van der Waals surface area contributed by atoms with Crippen LogP contribution in [0.15, 0.2) is 60.7 Å². The largest absolute Gasteiger partial charge is 0.349 e. The Labute approximate surface area is 188 Å². The van der Waals surface area contributed by atoms with Crippen LogP contribution in [0.1, 0.15) is 63.5 Å². The van der Waals surface area contributed by atoms with Crippen molar-refractivity contribution < 1.29 is 38.9 Å². The molecular formula is C24H30O8. The van der Waals surface area contributed by atoms with E-state index < -0.39 is 36.4 Å². The van der Waals surface area contributed by atoms with Crippen molar-refractivity contribution in [3.05, 3.63) is 71.8 Å². The summed E-state index contributed by atoms with van der Waals surface area (Å²) in [6.45, 7) is 6.94. The van der Waals surface area contributed by atoms with E-state index in [1.807, 2.05) is 60.7 Å². The molecule has 0 amide bonds. The van der Waals surface area contributed by atoms with Gasteiger partial charge in [-0.05, 0) is 25.0 Å². The Morgan fingerprint density at radius 2 is 0.969 bits per heavy atom. The first kappa shape index (κ1) is 25.5. The molecule has 0 saturated heterocycles. The van der Waals surface area contributed by atoms with E-state index in [2.05, 4.69) is 0 Å². The minimum Gasteiger partial charge on any atom is -0.295 e. The van der Waals surface area contributed by atoms with Crippen molar-refractivity contribution in [3.63, 3.8) is 0 Å². The van der Waals surface area contributed by atoms with Gasteiger partial charge in [0.25, 0.3) is 0 Å². The Hall–Kier alpha value is -2.78. The Morgan fingerprint density at radius 1 is 0.625 bits per heavy atom. The van der Waals surface area contributed by atoms with Gasteiger partial charge >= 0.3 is 11.9 Å². The lowest BCUT2D eigenvalue weighted by molar-refractivity contribution is -0.506. The quantitative estimate of drug-likeness (QED) is 0.242. The zero-order valence-electron chi connectivity index (χ0n) is 18.8. The number of carbonyl (C=O) groups excluding carboxylic acids is 2. The van der Waals surface area contributed by atoms with Crippen molar-refractivity contribution in [2.45, 2.75) is 65.0 Å². The van der Waals surface area contributed by atoms with E-state index in [1.54, 1.807) is 27.7 Å². The van der Waals surface area contributed by atoms with Gasteiger partial charge in [-0.25, -0.2) is 9.59 Å². The van der Waals surface area contributed by atoms with Gasteiger partial charge in [-0.1, -0.05) is 74.5 Å². The van der Waals surface area contributed by atoms with E-state index in [-0.39, 0.29) is 0 Å². The molecule has 0 aromatic heterocycles. The van der Waals surface area contributed by atoms with E-state index in [9.17, 15) is 9.59 Å². The van der Waals surface area contributed by atoms with Crippen molar-refractivity contribution in [3.8, 4) is 0 Å². The normalized spacial score (nSPS) is 14.8. The van der Waals surface area contributed by atoms with Crippen molar-refractivity contribution in [2.75, 3.05) is 0 Å². The molecule has 0 saturated carbocycles. The van der Waals surface area contributed by atoms with Gasteiger partial charge in [0.2, 0.25) is 12.6 Å². The van der Waals surface area contributed by atoms with E-state index in [1.165, 1.54) is 0 Å². The van der Waals surface area contributed by atoms with Gasteiger partial charge in [0.05, 0.1) is 11.8 Å². The van der Waals surface area contributed by atoms with Crippen LogP contribution in [0, 0.1) is 0 Å². The number of rotatable bonds is 13. The van der Waals surface area contributed by atoms with Crippen LogP contribution in [0.4, 0.5) is 0 Å². The first-order valence-corrected chi connectivity index (χ1v) is 10.6. The van der Waals surface area contributed by atoms with Crippen LogP contribution in [0.2, 0.25) is 0 Å². The van der Waals surface area contributed by atoms with Gasteiger partial charge in [-0.3, -0.25) is 9.78 Å².